The molecule has 10 heavy (non-hydrogen) atoms. The molecule has 1 radical (unpaired) electrons. The molecule has 0 bridgehead atoms. The quantitative estimate of drug-likeness (QED) is 0.435. The first-order valence-electron chi connectivity index (χ1n) is 0.894. The van der Waals surface area contributed by atoms with Crippen LogP contribution in [-0.4, -0.2) is 29.6 Å². The van der Waals surface area contributed by atoms with Crippen molar-refractivity contribution in [3.63, 3.8) is 0 Å². The van der Waals surface area contributed by atoms with Crippen LogP contribution in [0.3, 0.4) is 0 Å². The number of hydrogen-bond donors (Lipinski definition) is 0. The molecule has 0 rings (SSSR count). The maximum absolute atomic E-state index is 6.25. The van der Waals surface area contributed by atoms with Crippen LogP contribution in [0.15, 0.2) is 0 Å². The van der Waals surface area contributed by atoms with Gasteiger partial charge in [-0.25, -0.2) is 0 Å². The van der Waals surface area contributed by atoms with Crippen LogP contribution in [0.1, 0.15) is 0 Å². The molecular weight excluding hydrogens is 233 g/mol. The number of rotatable bonds is 0. The molecule has 4 nitrogen and oxygen atoms in total. The zero-order valence-electron chi connectivity index (χ0n) is 5.11. The summed E-state index contributed by atoms with van der Waals surface area (Å²) in [4.78, 5) is 0. The molecule has 0 aliphatic carbocycles. The Kier molecular flexibility index (Phi) is 19100. The molecule has 0 aliphatic rings. The van der Waals surface area contributed by atoms with E-state index in [4.69, 9.17) is 47.3 Å². The van der Waals surface area contributed by atoms with Gasteiger partial charge in [0.05, 0.1) is 0 Å². The third-order valence-electron chi connectivity index (χ3n) is 0. The van der Waals surface area contributed by atoms with Crippen molar-refractivity contribution in [1.29, 1.82) is 21.0 Å². The SMILES string of the molecule is [C-]#N.[C-]#N.[C-]#N.[C-]#N.[Na].[Pd]. The van der Waals surface area contributed by atoms with E-state index in [2.05, 4.69) is 0 Å². The van der Waals surface area contributed by atoms with Gasteiger partial charge in [-0.3, -0.25) is 0 Å². The van der Waals surface area contributed by atoms with Gasteiger partial charge in [-0.15, -0.1) is 0 Å². The summed E-state index contributed by atoms with van der Waals surface area (Å²) >= 11 is 0. The molecule has 0 amide bonds. The van der Waals surface area contributed by atoms with Crippen LogP contribution >= 0.6 is 0 Å². The third kappa shape index (κ3) is 2340. The van der Waals surface area contributed by atoms with E-state index in [0.717, 1.165) is 0 Å². The molecule has 0 aromatic heterocycles. The van der Waals surface area contributed by atoms with Gasteiger partial charge < -0.3 is 47.3 Å². The fourth-order valence-corrected chi connectivity index (χ4v) is 0. The molecule has 0 fully saturated rings. The van der Waals surface area contributed by atoms with Gasteiger partial charge in [0.15, 0.2) is 0 Å². The van der Waals surface area contributed by atoms with Crippen molar-refractivity contribution < 1.29 is 20.4 Å². The monoisotopic (exact) mass is 233 g/mol. The molecule has 0 aromatic rings. The first kappa shape index (κ1) is 54.5. The van der Waals surface area contributed by atoms with E-state index in [1.54, 1.807) is 0 Å². The van der Waals surface area contributed by atoms with Gasteiger partial charge in [0.1, 0.15) is 0 Å². The maximum atomic E-state index is 6.25. The van der Waals surface area contributed by atoms with E-state index in [9.17, 15) is 0 Å². The third-order valence-corrected chi connectivity index (χ3v) is 0. The predicted molar refractivity (Wildman–Crippen MR) is 25.6 cm³/mol. The summed E-state index contributed by atoms with van der Waals surface area (Å²) in [5.74, 6) is 0. The fourth-order valence-electron chi connectivity index (χ4n) is 0. The smallest absolute Gasteiger partial charge is 0 e. The molecule has 0 unspecified atom stereocenters. The van der Waals surface area contributed by atoms with Crippen LogP contribution in [0, 0.1) is 47.3 Å². The molecule has 0 saturated heterocycles. The van der Waals surface area contributed by atoms with Crippen molar-refractivity contribution >= 4 is 29.6 Å². The summed E-state index contributed by atoms with van der Waals surface area (Å²) in [7, 11) is 0. The summed E-state index contributed by atoms with van der Waals surface area (Å²) in [5.41, 5.74) is 0. The summed E-state index contributed by atoms with van der Waals surface area (Å²) in [6.07, 6.45) is 0. The standard InChI is InChI=1S/4CN.Na.Pd/c4*1-2;;/q4*-1;;. The molecule has 0 N–H and O–H groups in total. The van der Waals surface area contributed by atoms with Crippen LogP contribution in [0.5, 0.6) is 0 Å². The zero-order valence-corrected chi connectivity index (χ0v) is 8.66. The van der Waals surface area contributed by atoms with Crippen molar-refractivity contribution in [3.05, 3.63) is 26.3 Å². The van der Waals surface area contributed by atoms with E-state index in [1.165, 1.54) is 0 Å². The molecule has 0 aliphatic heterocycles. The summed E-state index contributed by atoms with van der Waals surface area (Å²) in [6, 6.07) is 0. The Bertz CT molecular complexity index is 60.2. The minimum absolute atomic E-state index is 0. The van der Waals surface area contributed by atoms with Crippen LogP contribution in [0.25, 0.3) is 0 Å². The Morgan fingerprint density at radius 3 is 0.500 bits per heavy atom. The van der Waals surface area contributed by atoms with E-state index in [0.29, 0.717) is 0 Å². The maximum Gasteiger partial charge on any atom is 0 e. The second-order valence-electron chi connectivity index (χ2n) is 0. The molecule has 0 aromatic carbocycles. The number of hydrogen-bond acceptors (Lipinski definition) is 4. The molecule has 51 valence electrons. The van der Waals surface area contributed by atoms with Crippen molar-refractivity contribution in [2.45, 2.75) is 0 Å². The summed E-state index contributed by atoms with van der Waals surface area (Å²) in [6.45, 7) is 19.0. The minimum atomic E-state index is 0. The van der Waals surface area contributed by atoms with Crippen LogP contribution in [0.2, 0.25) is 0 Å². The van der Waals surface area contributed by atoms with Crippen molar-refractivity contribution in [2.24, 2.45) is 0 Å². The molecule has 0 spiro atoms. The fraction of sp³-hybridized carbons (Fsp3) is 0. The van der Waals surface area contributed by atoms with Gasteiger partial charge in [-0.05, 0) is 0 Å². The Balaban J connectivity index is -0.00000000500. The van der Waals surface area contributed by atoms with Gasteiger partial charge in [0.2, 0.25) is 0 Å². The Labute approximate surface area is 96.6 Å². The molecule has 6 heteroatoms. The predicted octanol–water partition coefficient (Wildman–Crippen LogP) is 0.00218. The summed E-state index contributed by atoms with van der Waals surface area (Å²) < 4.78 is 0. The second kappa shape index (κ2) is 3510. The van der Waals surface area contributed by atoms with E-state index in [-0.39, 0.29) is 50.0 Å². The average molecular weight is 233 g/mol. The van der Waals surface area contributed by atoms with Gasteiger partial charge >= 0.3 is 0 Å². The first-order valence-corrected chi connectivity index (χ1v) is 0.894. The van der Waals surface area contributed by atoms with Crippen LogP contribution in [0.4, 0.5) is 0 Å². The second-order valence-corrected chi connectivity index (χ2v) is 0. The molecule has 0 saturated carbocycles. The normalized spacial score (nSPS) is 0.800. The Morgan fingerprint density at radius 2 is 0.500 bits per heavy atom. The van der Waals surface area contributed by atoms with E-state index >= 15 is 0 Å². The van der Waals surface area contributed by atoms with Gasteiger partial charge in [-0.2, -0.15) is 0 Å². The minimum Gasteiger partial charge on any atom is -0.512 e. The first-order chi connectivity index (χ1) is 4.00. The zero-order chi connectivity index (χ0) is 8.00. The van der Waals surface area contributed by atoms with Crippen molar-refractivity contribution in [1.82, 2.24) is 0 Å². The Morgan fingerprint density at radius 1 is 0.500 bits per heavy atom. The molecular formula is C4N4NaPd-4. The van der Waals surface area contributed by atoms with Crippen molar-refractivity contribution in [3.8, 4) is 0 Å². The van der Waals surface area contributed by atoms with Gasteiger partial charge in [0, 0.05) is 50.0 Å². The van der Waals surface area contributed by atoms with Crippen LogP contribution in [-0.2, 0) is 20.4 Å². The van der Waals surface area contributed by atoms with E-state index < -0.39 is 0 Å². The van der Waals surface area contributed by atoms with Crippen molar-refractivity contribution in [2.75, 3.05) is 0 Å². The Hall–Kier alpha value is -0.378. The number of nitrogens with zero attached hydrogens (tertiary/aromatic N) is 4. The summed E-state index contributed by atoms with van der Waals surface area (Å²) in [5, 5.41) is 25.0. The molecule has 0 atom stereocenters. The topological polar surface area (TPSA) is 95.2 Å². The van der Waals surface area contributed by atoms with E-state index in [1.807, 2.05) is 0 Å². The largest absolute Gasteiger partial charge is 0.512 e. The molecule has 0 heterocycles. The van der Waals surface area contributed by atoms with Crippen LogP contribution < -0.4 is 0 Å². The van der Waals surface area contributed by atoms with Gasteiger partial charge in [-0.1, -0.05) is 0 Å². The average Bonchev–Trinajstić information content (AvgIpc) is 2.03. The van der Waals surface area contributed by atoms with Gasteiger partial charge in [0.25, 0.3) is 0 Å².